The number of aromatic nitrogens is 2. The maximum atomic E-state index is 5.73. The number of nitrogens with zero attached hydrogens (tertiary/aromatic N) is 1. The van der Waals surface area contributed by atoms with Gasteiger partial charge < -0.3 is 10.7 Å². The zero-order valence-corrected chi connectivity index (χ0v) is 10.7. The lowest BCUT2D eigenvalue weighted by Gasteiger charge is -2.02. The number of hydrogen-bond acceptors (Lipinski definition) is 2. The summed E-state index contributed by atoms with van der Waals surface area (Å²) in [7, 11) is 0. The SMILES string of the molecule is CC(N)Cc1ncc(-c2ccccc2Br)[nH]1. The van der Waals surface area contributed by atoms with Crippen LogP contribution in [0.1, 0.15) is 12.7 Å². The summed E-state index contributed by atoms with van der Waals surface area (Å²) in [5.41, 5.74) is 7.87. The Bertz CT molecular complexity index is 477. The lowest BCUT2D eigenvalue weighted by Crippen LogP contribution is -2.18. The molecule has 3 nitrogen and oxygen atoms in total. The smallest absolute Gasteiger partial charge is 0.108 e. The van der Waals surface area contributed by atoms with Gasteiger partial charge in [-0.25, -0.2) is 4.98 Å². The number of aromatic amines is 1. The lowest BCUT2D eigenvalue weighted by atomic mass is 10.2. The van der Waals surface area contributed by atoms with E-state index in [4.69, 9.17) is 5.73 Å². The number of halogens is 1. The van der Waals surface area contributed by atoms with Crippen LogP contribution in [-0.2, 0) is 6.42 Å². The molecular formula is C12H14BrN3. The highest BCUT2D eigenvalue weighted by atomic mass is 79.9. The molecule has 1 aromatic heterocycles. The van der Waals surface area contributed by atoms with Gasteiger partial charge in [0.25, 0.3) is 0 Å². The third-order valence-electron chi connectivity index (χ3n) is 2.31. The molecule has 1 aromatic carbocycles. The Morgan fingerprint density at radius 3 is 2.88 bits per heavy atom. The molecule has 4 heteroatoms. The Morgan fingerprint density at radius 2 is 2.19 bits per heavy atom. The first-order chi connectivity index (χ1) is 7.66. The first-order valence-electron chi connectivity index (χ1n) is 5.21. The number of nitrogens with one attached hydrogen (secondary N) is 1. The standard InChI is InChI=1S/C12H14BrN3/c1-8(14)6-12-15-7-11(16-12)9-4-2-3-5-10(9)13/h2-5,7-8H,6,14H2,1H3,(H,15,16). The number of nitrogens with two attached hydrogens (primary N) is 1. The third-order valence-corrected chi connectivity index (χ3v) is 3.00. The molecule has 0 spiro atoms. The first-order valence-corrected chi connectivity index (χ1v) is 6.00. The van der Waals surface area contributed by atoms with Crippen molar-refractivity contribution in [1.29, 1.82) is 0 Å². The Kier molecular flexibility index (Phi) is 3.41. The minimum absolute atomic E-state index is 0.123. The molecule has 1 unspecified atom stereocenters. The molecule has 1 heterocycles. The van der Waals surface area contributed by atoms with Crippen molar-refractivity contribution in [2.24, 2.45) is 5.73 Å². The van der Waals surface area contributed by atoms with Gasteiger partial charge in [-0.1, -0.05) is 34.1 Å². The van der Waals surface area contributed by atoms with Crippen molar-refractivity contribution in [3.8, 4) is 11.3 Å². The highest BCUT2D eigenvalue weighted by molar-refractivity contribution is 9.10. The van der Waals surface area contributed by atoms with E-state index >= 15 is 0 Å². The van der Waals surface area contributed by atoms with Gasteiger partial charge in [-0.2, -0.15) is 0 Å². The van der Waals surface area contributed by atoms with Crippen molar-refractivity contribution in [2.75, 3.05) is 0 Å². The van der Waals surface area contributed by atoms with Crippen LogP contribution in [0.4, 0.5) is 0 Å². The highest BCUT2D eigenvalue weighted by Gasteiger charge is 2.07. The van der Waals surface area contributed by atoms with Crippen LogP contribution in [0, 0.1) is 0 Å². The van der Waals surface area contributed by atoms with Gasteiger partial charge >= 0.3 is 0 Å². The van der Waals surface area contributed by atoms with Crippen LogP contribution < -0.4 is 5.73 Å². The van der Waals surface area contributed by atoms with E-state index in [1.807, 2.05) is 37.4 Å². The normalized spacial score (nSPS) is 12.7. The predicted octanol–water partition coefficient (Wildman–Crippen LogP) is 2.73. The molecule has 0 fully saturated rings. The van der Waals surface area contributed by atoms with Gasteiger partial charge in [0.15, 0.2) is 0 Å². The second-order valence-electron chi connectivity index (χ2n) is 3.90. The molecule has 0 radical (unpaired) electrons. The fraction of sp³-hybridized carbons (Fsp3) is 0.250. The van der Waals surface area contributed by atoms with Crippen molar-refractivity contribution >= 4 is 15.9 Å². The van der Waals surface area contributed by atoms with Gasteiger partial charge in [0.2, 0.25) is 0 Å². The van der Waals surface area contributed by atoms with E-state index in [2.05, 4.69) is 25.9 Å². The molecule has 0 aliphatic carbocycles. The van der Waals surface area contributed by atoms with Gasteiger partial charge in [0.1, 0.15) is 5.82 Å². The van der Waals surface area contributed by atoms with Gasteiger partial charge in [-0.3, -0.25) is 0 Å². The van der Waals surface area contributed by atoms with E-state index in [0.717, 1.165) is 28.0 Å². The van der Waals surface area contributed by atoms with Gasteiger partial charge in [-0.05, 0) is 13.0 Å². The van der Waals surface area contributed by atoms with Crippen LogP contribution in [0.5, 0.6) is 0 Å². The number of benzene rings is 1. The maximum Gasteiger partial charge on any atom is 0.108 e. The lowest BCUT2D eigenvalue weighted by molar-refractivity contribution is 0.710. The monoisotopic (exact) mass is 279 g/mol. The zero-order chi connectivity index (χ0) is 11.5. The Morgan fingerprint density at radius 1 is 1.44 bits per heavy atom. The molecular weight excluding hydrogens is 266 g/mol. The predicted molar refractivity (Wildman–Crippen MR) is 69.1 cm³/mol. The van der Waals surface area contributed by atoms with Gasteiger partial charge in [-0.15, -0.1) is 0 Å². The van der Waals surface area contributed by atoms with Crippen molar-refractivity contribution in [3.63, 3.8) is 0 Å². The van der Waals surface area contributed by atoms with Crippen molar-refractivity contribution in [3.05, 3.63) is 40.8 Å². The van der Waals surface area contributed by atoms with Crippen LogP contribution in [0.25, 0.3) is 11.3 Å². The second kappa shape index (κ2) is 4.80. The first kappa shape index (κ1) is 11.4. The highest BCUT2D eigenvalue weighted by Crippen LogP contribution is 2.26. The quantitative estimate of drug-likeness (QED) is 0.908. The molecule has 0 bridgehead atoms. The van der Waals surface area contributed by atoms with E-state index < -0.39 is 0 Å². The average molecular weight is 280 g/mol. The molecule has 16 heavy (non-hydrogen) atoms. The molecule has 0 amide bonds. The van der Waals surface area contributed by atoms with Crippen LogP contribution in [-0.4, -0.2) is 16.0 Å². The van der Waals surface area contributed by atoms with Crippen molar-refractivity contribution < 1.29 is 0 Å². The molecule has 1 atom stereocenters. The summed E-state index contributed by atoms with van der Waals surface area (Å²) in [6.45, 7) is 1.97. The maximum absolute atomic E-state index is 5.73. The van der Waals surface area contributed by atoms with Gasteiger partial charge in [0, 0.05) is 22.5 Å². The van der Waals surface area contributed by atoms with E-state index in [1.165, 1.54) is 0 Å². The number of H-pyrrole nitrogens is 1. The third kappa shape index (κ3) is 2.51. The Hall–Kier alpha value is -1.13. The molecule has 0 aliphatic heterocycles. The average Bonchev–Trinajstić information content (AvgIpc) is 2.66. The summed E-state index contributed by atoms with van der Waals surface area (Å²) in [5.74, 6) is 0.931. The van der Waals surface area contributed by atoms with E-state index in [-0.39, 0.29) is 6.04 Å². The van der Waals surface area contributed by atoms with Crippen molar-refractivity contribution in [2.45, 2.75) is 19.4 Å². The van der Waals surface area contributed by atoms with E-state index in [9.17, 15) is 0 Å². The Balaban J connectivity index is 2.28. The molecule has 2 aromatic rings. The van der Waals surface area contributed by atoms with Crippen LogP contribution >= 0.6 is 15.9 Å². The van der Waals surface area contributed by atoms with E-state index in [0.29, 0.717) is 0 Å². The number of rotatable bonds is 3. The summed E-state index contributed by atoms with van der Waals surface area (Å²) in [5, 5.41) is 0. The minimum atomic E-state index is 0.123. The molecule has 2 rings (SSSR count). The van der Waals surface area contributed by atoms with Crippen LogP contribution in [0.3, 0.4) is 0 Å². The number of hydrogen-bond donors (Lipinski definition) is 2. The molecule has 0 saturated heterocycles. The largest absolute Gasteiger partial charge is 0.342 e. The van der Waals surface area contributed by atoms with E-state index in [1.54, 1.807) is 0 Å². The summed E-state index contributed by atoms with van der Waals surface area (Å²) in [6.07, 6.45) is 2.61. The summed E-state index contributed by atoms with van der Waals surface area (Å²) >= 11 is 3.52. The fourth-order valence-electron chi connectivity index (χ4n) is 1.59. The Labute approximate surface area is 103 Å². The van der Waals surface area contributed by atoms with Crippen LogP contribution in [0.2, 0.25) is 0 Å². The molecule has 0 aliphatic rings. The fourth-order valence-corrected chi connectivity index (χ4v) is 2.09. The minimum Gasteiger partial charge on any atom is -0.342 e. The van der Waals surface area contributed by atoms with Crippen molar-refractivity contribution in [1.82, 2.24) is 9.97 Å². The van der Waals surface area contributed by atoms with Gasteiger partial charge in [0.05, 0.1) is 11.9 Å². The van der Waals surface area contributed by atoms with Crippen LogP contribution in [0.15, 0.2) is 34.9 Å². The topological polar surface area (TPSA) is 54.7 Å². The zero-order valence-electron chi connectivity index (χ0n) is 9.07. The second-order valence-corrected chi connectivity index (χ2v) is 4.76. The molecule has 3 N–H and O–H groups in total. The number of imidazole rings is 1. The molecule has 0 saturated carbocycles. The summed E-state index contributed by atoms with van der Waals surface area (Å²) in [4.78, 5) is 7.60. The molecule has 84 valence electrons. The summed E-state index contributed by atoms with van der Waals surface area (Å²) < 4.78 is 1.06. The summed E-state index contributed by atoms with van der Waals surface area (Å²) in [6, 6.07) is 8.19.